The molecule has 0 aliphatic heterocycles. The van der Waals surface area contributed by atoms with Gasteiger partial charge in [-0.25, -0.2) is 0 Å². The van der Waals surface area contributed by atoms with Crippen molar-refractivity contribution in [1.29, 1.82) is 0 Å². The second-order valence-electron chi connectivity index (χ2n) is 2.78. The van der Waals surface area contributed by atoms with Crippen LogP contribution < -0.4 is 12.4 Å². The molecule has 1 rings (SSSR count). The molecule has 0 unspecified atom stereocenters. The smallest absolute Gasteiger partial charge is 1.00 e. The zero-order valence-corrected chi connectivity index (χ0v) is 12.1. The topological polar surface area (TPSA) is 96.5 Å². The maximum Gasteiger partial charge on any atom is 2.00 e. The van der Waals surface area contributed by atoms with Gasteiger partial charge in [-0.15, -0.1) is 0 Å². The van der Waals surface area contributed by atoms with Gasteiger partial charge in [0, 0.05) is 18.9 Å². The van der Waals surface area contributed by atoms with Crippen molar-refractivity contribution in [3.63, 3.8) is 0 Å². The van der Waals surface area contributed by atoms with E-state index in [1.165, 1.54) is 6.20 Å². The molecule has 92 valence electrons. The van der Waals surface area contributed by atoms with Gasteiger partial charge in [0.1, 0.15) is 0 Å². The summed E-state index contributed by atoms with van der Waals surface area (Å²) in [5, 5.41) is 26.4. The molecule has 17 heavy (non-hydrogen) atoms. The van der Waals surface area contributed by atoms with Crippen molar-refractivity contribution in [3.8, 4) is 0 Å². The molecule has 0 saturated carbocycles. The molecule has 0 aromatic carbocycles. The van der Waals surface area contributed by atoms with E-state index in [2.05, 4.69) is 4.98 Å². The second kappa shape index (κ2) is 10.7. The van der Waals surface area contributed by atoms with Crippen LogP contribution in [-0.4, -0.2) is 50.3 Å². The first kappa shape index (κ1) is 21.8. The zero-order valence-electron chi connectivity index (χ0n) is 9.97. The first-order chi connectivity index (χ1) is 7.07. The molecule has 0 radical (unpaired) electrons. The number of pyridine rings is 1. The number of aliphatic hydroxyl groups is 2. The summed E-state index contributed by atoms with van der Waals surface area (Å²) in [7, 11) is 1.00. The number of aliphatic hydroxyl groups excluding tert-OH is 2. The molecule has 0 atom stereocenters. The average Bonchev–Trinajstić information content (AvgIpc) is 2.20. The number of rotatable bonds is 2. The Kier molecular flexibility index (Phi) is 13.7. The monoisotopic (exact) mass is 273 g/mol. The minimum absolute atomic E-state index is 0. The molecule has 0 saturated heterocycles. The number of nitrogens with zero attached hydrogens (tertiary/aromatic N) is 2. The predicted octanol–water partition coefficient (Wildman–Crippen LogP) is -2.67. The van der Waals surface area contributed by atoms with Crippen LogP contribution in [0.2, 0.25) is 0 Å². The average molecular weight is 274 g/mol. The fraction of sp³-hybridized carbons (Fsp3) is 0.444. The van der Waals surface area contributed by atoms with Gasteiger partial charge >= 0.3 is 23.1 Å². The SMILES string of the molecule is CO.Cc1cnc(CO)c(C)c1[N+](=O)[O-].[Cl-].[Mg+2]. The van der Waals surface area contributed by atoms with Crippen LogP contribution in [0.25, 0.3) is 0 Å². The summed E-state index contributed by atoms with van der Waals surface area (Å²) in [6, 6.07) is 0. The Morgan fingerprint density at radius 3 is 2.24 bits per heavy atom. The van der Waals surface area contributed by atoms with Crippen molar-refractivity contribution in [2.24, 2.45) is 0 Å². The van der Waals surface area contributed by atoms with Gasteiger partial charge in [0.15, 0.2) is 0 Å². The predicted molar refractivity (Wildman–Crippen MR) is 60.2 cm³/mol. The fourth-order valence-electron chi connectivity index (χ4n) is 1.21. The molecule has 8 heteroatoms. The van der Waals surface area contributed by atoms with Crippen LogP contribution in [0.5, 0.6) is 0 Å². The van der Waals surface area contributed by atoms with E-state index in [0.717, 1.165) is 7.11 Å². The molecular weight excluding hydrogens is 260 g/mol. The van der Waals surface area contributed by atoms with Crippen molar-refractivity contribution < 1.29 is 27.5 Å². The molecule has 0 bridgehead atoms. The van der Waals surface area contributed by atoms with Crippen LogP contribution in [0.4, 0.5) is 5.69 Å². The minimum Gasteiger partial charge on any atom is -1.00 e. The Balaban J connectivity index is -0.000000464. The molecule has 2 N–H and O–H groups in total. The normalized spacial score (nSPS) is 8.06. The first-order valence-corrected chi connectivity index (χ1v) is 4.23. The van der Waals surface area contributed by atoms with E-state index < -0.39 is 4.92 Å². The van der Waals surface area contributed by atoms with Gasteiger partial charge in [-0.1, -0.05) is 0 Å². The van der Waals surface area contributed by atoms with Gasteiger partial charge in [0.2, 0.25) is 0 Å². The van der Waals surface area contributed by atoms with Gasteiger partial charge in [0.05, 0.1) is 22.8 Å². The van der Waals surface area contributed by atoms with E-state index in [1.807, 2.05) is 0 Å². The molecule has 0 aliphatic carbocycles. The van der Waals surface area contributed by atoms with E-state index in [0.29, 0.717) is 16.8 Å². The molecule has 0 amide bonds. The van der Waals surface area contributed by atoms with E-state index in [-0.39, 0.29) is 47.8 Å². The standard InChI is InChI=1S/C8H10N2O3.CH4O.ClH.Mg/c1-5-3-9-7(4-11)6(2)8(5)10(12)13;1-2;;/h3,11H,4H2,1-2H3;2H,1H3;1H;/q;;;+2/p-1. The molecule has 0 spiro atoms. The fourth-order valence-corrected chi connectivity index (χ4v) is 1.21. The first-order valence-electron chi connectivity index (χ1n) is 4.23. The molecule has 1 aromatic rings. The number of aromatic nitrogens is 1. The maximum absolute atomic E-state index is 10.6. The largest absolute Gasteiger partial charge is 2.00 e. The van der Waals surface area contributed by atoms with Crippen molar-refractivity contribution in [1.82, 2.24) is 4.98 Å². The summed E-state index contributed by atoms with van der Waals surface area (Å²) in [4.78, 5) is 14.0. The zero-order chi connectivity index (χ0) is 12.0. The Morgan fingerprint density at radius 1 is 1.41 bits per heavy atom. The molecule has 6 nitrogen and oxygen atoms in total. The van der Waals surface area contributed by atoms with Gasteiger partial charge in [-0.05, 0) is 13.8 Å². The van der Waals surface area contributed by atoms with E-state index >= 15 is 0 Å². The van der Waals surface area contributed by atoms with Gasteiger partial charge in [0.25, 0.3) is 5.69 Å². The van der Waals surface area contributed by atoms with E-state index in [9.17, 15) is 10.1 Å². The summed E-state index contributed by atoms with van der Waals surface area (Å²) in [5.74, 6) is 0. The summed E-state index contributed by atoms with van der Waals surface area (Å²) < 4.78 is 0. The van der Waals surface area contributed by atoms with Crippen molar-refractivity contribution >= 4 is 28.7 Å². The number of nitro groups is 1. The van der Waals surface area contributed by atoms with Crippen molar-refractivity contribution in [2.75, 3.05) is 7.11 Å². The van der Waals surface area contributed by atoms with E-state index in [4.69, 9.17) is 10.2 Å². The number of hydrogen-bond acceptors (Lipinski definition) is 5. The molecule has 1 aromatic heterocycles. The molecule has 0 aliphatic rings. The third-order valence-corrected chi connectivity index (χ3v) is 1.91. The van der Waals surface area contributed by atoms with E-state index in [1.54, 1.807) is 13.8 Å². The summed E-state index contributed by atoms with van der Waals surface area (Å²) >= 11 is 0. The third-order valence-electron chi connectivity index (χ3n) is 1.91. The van der Waals surface area contributed by atoms with Gasteiger partial charge in [-0.3, -0.25) is 15.1 Å². The van der Waals surface area contributed by atoms with Crippen LogP contribution >= 0.6 is 0 Å². The summed E-state index contributed by atoms with van der Waals surface area (Å²) in [6.45, 7) is 2.94. The Labute approximate surface area is 122 Å². The summed E-state index contributed by atoms with van der Waals surface area (Å²) in [6.07, 6.45) is 1.40. The Hall–Kier alpha value is -0.474. The van der Waals surface area contributed by atoms with Crippen LogP contribution in [0.15, 0.2) is 6.20 Å². The Bertz CT molecular complexity index is 363. The quantitative estimate of drug-likeness (QED) is 0.348. The number of halogens is 1. The molecule has 1 heterocycles. The second-order valence-corrected chi connectivity index (χ2v) is 2.78. The van der Waals surface area contributed by atoms with Crippen LogP contribution in [0.3, 0.4) is 0 Å². The van der Waals surface area contributed by atoms with Crippen LogP contribution in [-0.2, 0) is 6.61 Å². The van der Waals surface area contributed by atoms with Gasteiger partial charge < -0.3 is 22.6 Å². The van der Waals surface area contributed by atoms with Gasteiger partial charge in [-0.2, -0.15) is 0 Å². The molecular formula is C9H14ClMgN2O4+. The minimum atomic E-state index is -0.453. The number of hydrogen-bond donors (Lipinski definition) is 2. The van der Waals surface area contributed by atoms with Crippen LogP contribution in [0.1, 0.15) is 16.8 Å². The maximum atomic E-state index is 10.6. The van der Waals surface area contributed by atoms with Crippen molar-refractivity contribution in [3.05, 3.63) is 33.1 Å². The van der Waals surface area contributed by atoms with Crippen LogP contribution in [0, 0.1) is 24.0 Å². The molecule has 0 fully saturated rings. The van der Waals surface area contributed by atoms with Crippen molar-refractivity contribution in [2.45, 2.75) is 20.5 Å². The summed E-state index contributed by atoms with van der Waals surface area (Å²) in [5.41, 5.74) is 1.35. The number of aryl methyl sites for hydroxylation is 1. The Morgan fingerprint density at radius 2 is 1.88 bits per heavy atom. The third kappa shape index (κ3) is 5.60.